The molecule has 0 saturated carbocycles. The van der Waals surface area contributed by atoms with Crippen molar-refractivity contribution in [2.45, 2.75) is 6.54 Å². The molecule has 0 radical (unpaired) electrons. The van der Waals surface area contributed by atoms with Crippen molar-refractivity contribution in [1.29, 1.82) is 0 Å². The number of anilines is 3. The van der Waals surface area contributed by atoms with Crippen LogP contribution in [0.2, 0.25) is 0 Å². The molecule has 0 amide bonds. The maximum absolute atomic E-state index is 12.2. The molecule has 1 aromatic heterocycles. The van der Waals surface area contributed by atoms with Crippen molar-refractivity contribution in [3.63, 3.8) is 0 Å². The van der Waals surface area contributed by atoms with E-state index in [1.54, 1.807) is 13.2 Å². The van der Waals surface area contributed by atoms with Crippen LogP contribution in [-0.2, 0) is 13.6 Å². The number of aryl methyl sites for hydroxylation is 1. The van der Waals surface area contributed by atoms with Gasteiger partial charge in [0.1, 0.15) is 4.60 Å². The number of nitrogen functional groups attached to an aromatic ring is 1. The molecule has 1 aromatic carbocycles. The molecule has 1 fully saturated rings. The zero-order valence-corrected chi connectivity index (χ0v) is 16.1. The third-order valence-corrected chi connectivity index (χ3v) is 4.70. The highest BCUT2D eigenvalue weighted by Crippen LogP contribution is 2.21. The van der Waals surface area contributed by atoms with Gasteiger partial charge in [0.05, 0.1) is 0 Å². The van der Waals surface area contributed by atoms with Gasteiger partial charge in [0.25, 0.3) is 5.56 Å². The first-order valence-corrected chi connectivity index (χ1v) is 9.00. The summed E-state index contributed by atoms with van der Waals surface area (Å²) in [6, 6.07) is 5.82. The first kappa shape index (κ1) is 17.9. The number of piperazine rings is 1. The first-order valence-electron chi connectivity index (χ1n) is 8.21. The fourth-order valence-electron chi connectivity index (χ4n) is 2.93. The molecule has 3 N–H and O–H groups in total. The third kappa shape index (κ3) is 4.59. The summed E-state index contributed by atoms with van der Waals surface area (Å²) in [5.74, 6) is 0.271. The van der Waals surface area contributed by atoms with Gasteiger partial charge in [-0.25, -0.2) is 4.98 Å². The van der Waals surface area contributed by atoms with E-state index < -0.39 is 0 Å². The van der Waals surface area contributed by atoms with E-state index in [0.717, 1.165) is 44.0 Å². The van der Waals surface area contributed by atoms with Crippen LogP contribution >= 0.6 is 15.9 Å². The molecule has 1 aliphatic heterocycles. The van der Waals surface area contributed by atoms with Gasteiger partial charge < -0.3 is 20.5 Å². The fourth-order valence-corrected chi connectivity index (χ4v) is 3.42. The Hall–Kier alpha value is -1.90. The van der Waals surface area contributed by atoms with Crippen molar-refractivity contribution in [2.75, 3.05) is 44.3 Å². The molecule has 0 aliphatic carbocycles. The summed E-state index contributed by atoms with van der Waals surface area (Å²) >= 11 is 3.31. The maximum atomic E-state index is 12.2. The smallest absolute Gasteiger partial charge is 0.293 e. The molecular weight excluding hydrogens is 384 g/mol. The second-order valence-electron chi connectivity index (χ2n) is 6.50. The molecule has 0 bridgehead atoms. The Kier molecular flexibility index (Phi) is 5.41. The minimum atomic E-state index is -0.189. The van der Waals surface area contributed by atoms with Gasteiger partial charge in [-0.1, -0.05) is 0 Å². The SMILES string of the molecule is CN1CCN(Cc2cc(N)cc(Nc3nc(Br)cn(C)c3=O)c2)CC1. The van der Waals surface area contributed by atoms with E-state index in [1.807, 2.05) is 18.2 Å². The zero-order chi connectivity index (χ0) is 18.0. The molecule has 0 atom stereocenters. The van der Waals surface area contributed by atoms with Crippen molar-refractivity contribution in [2.24, 2.45) is 7.05 Å². The van der Waals surface area contributed by atoms with Crippen molar-refractivity contribution in [1.82, 2.24) is 19.4 Å². The lowest BCUT2D eigenvalue weighted by Crippen LogP contribution is -2.43. The molecule has 1 saturated heterocycles. The van der Waals surface area contributed by atoms with Gasteiger partial charge in [-0.3, -0.25) is 9.69 Å². The van der Waals surface area contributed by atoms with Gasteiger partial charge in [-0.2, -0.15) is 0 Å². The van der Waals surface area contributed by atoms with Gasteiger partial charge >= 0.3 is 0 Å². The van der Waals surface area contributed by atoms with Crippen LogP contribution in [0.15, 0.2) is 33.8 Å². The van der Waals surface area contributed by atoms with Crippen LogP contribution in [0, 0.1) is 0 Å². The summed E-state index contributed by atoms with van der Waals surface area (Å²) in [5, 5.41) is 3.10. The predicted octanol–water partition coefficient (Wildman–Crippen LogP) is 1.62. The second-order valence-corrected chi connectivity index (χ2v) is 7.31. The largest absolute Gasteiger partial charge is 0.399 e. The molecule has 0 spiro atoms. The number of nitrogens with zero attached hydrogens (tertiary/aromatic N) is 4. The van der Waals surface area contributed by atoms with Gasteiger partial charge in [0.2, 0.25) is 0 Å². The Labute approximate surface area is 155 Å². The highest BCUT2D eigenvalue weighted by molar-refractivity contribution is 9.10. The van der Waals surface area contributed by atoms with Crippen molar-refractivity contribution in [3.8, 4) is 0 Å². The van der Waals surface area contributed by atoms with E-state index in [0.29, 0.717) is 10.3 Å². The van der Waals surface area contributed by atoms with Crippen LogP contribution in [0.3, 0.4) is 0 Å². The van der Waals surface area contributed by atoms with Crippen LogP contribution < -0.4 is 16.6 Å². The van der Waals surface area contributed by atoms with Gasteiger partial charge in [-0.05, 0) is 46.7 Å². The monoisotopic (exact) mass is 406 g/mol. The Morgan fingerprint density at radius 1 is 1.20 bits per heavy atom. The second kappa shape index (κ2) is 7.55. The zero-order valence-electron chi connectivity index (χ0n) is 14.5. The lowest BCUT2D eigenvalue weighted by Gasteiger charge is -2.32. The topological polar surface area (TPSA) is 79.4 Å². The molecule has 1 aliphatic rings. The van der Waals surface area contributed by atoms with Crippen LogP contribution in [0.4, 0.5) is 17.2 Å². The summed E-state index contributed by atoms with van der Waals surface area (Å²) < 4.78 is 2.08. The van der Waals surface area contributed by atoms with Gasteiger partial charge in [0, 0.05) is 57.3 Å². The van der Waals surface area contributed by atoms with E-state index in [1.165, 1.54) is 4.57 Å². The van der Waals surface area contributed by atoms with Crippen LogP contribution in [0.1, 0.15) is 5.56 Å². The van der Waals surface area contributed by atoms with Gasteiger partial charge in [0.15, 0.2) is 5.82 Å². The molecule has 0 unspecified atom stereocenters. The molecule has 3 rings (SSSR count). The average molecular weight is 407 g/mol. The number of nitrogens with two attached hydrogens (primary N) is 1. The Morgan fingerprint density at radius 2 is 1.92 bits per heavy atom. The number of likely N-dealkylation sites (N-methyl/N-ethyl adjacent to an activating group) is 1. The molecule has 134 valence electrons. The van der Waals surface area contributed by atoms with E-state index in [-0.39, 0.29) is 11.4 Å². The van der Waals surface area contributed by atoms with Crippen molar-refractivity contribution >= 4 is 33.1 Å². The van der Waals surface area contributed by atoms with Gasteiger partial charge in [-0.15, -0.1) is 0 Å². The van der Waals surface area contributed by atoms with E-state index in [4.69, 9.17) is 5.73 Å². The number of nitrogens with one attached hydrogen (secondary N) is 1. The molecule has 8 heteroatoms. The van der Waals surface area contributed by atoms with E-state index in [9.17, 15) is 4.79 Å². The summed E-state index contributed by atoms with van der Waals surface area (Å²) in [5.41, 5.74) is 8.43. The lowest BCUT2D eigenvalue weighted by atomic mass is 10.1. The quantitative estimate of drug-likeness (QED) is 0.750. The molecular formula is C17H23BrN6O. The summed E-state index contributed by atoms with van der Waals surface area (Å²) in [7, 11) is 3.84. The number of benzene rings is 1. The fraction of sp³-hybridized carbons (Fsp3) is 0.412. The number of hydrogen-bond acceptors (Lipinski definition) is 6. The van der Waals surface area contributed by atoms with Crippen LogP contribution in [-0.4, -0.2) is 52.6 Å². The molecule has 2 aromatic rings. The third-order valence-electron chi connectivity index (χ3n) is 4.32. The summed E-state index contributed by atoms with van der Waals surface area (Å²) in [4.78, 5) is 21.2. The van der Waals surface area contributed by atoms with Crippen LogP contribution in [0.5, 0.6) is 0 Å². The van der Waals surface area contributed by atoms with Crippen LogP contribution in [0.25, 0.3) is 0 Å². The summed E-state index contributed by atoms with van der Waals surface area (Å²) in [6.45, 7) is 5.08. The number of aromatic nitrogens is 2. The first-order chi connectivity index (χ1) is 11.9. The molecule has 25 heavy (non-hydrogen) atoms. The Bertz CT molecular complexity index is 813. The normalized spacial score (nSPS) is 16.1. The number of rotatable bonds is 4. The Morgan fingerprint density at radius 3 is 2.64 bits per heavy atom. The summed E-state index contributed by atoms with van der Waals surface area (Å²) in [6.07, 6.45) is 1.63. The van der Waals surface area contributed by atoms with E-state index >= 15 is 0 Å². The number of halogens is 1. The average Bonchev–Trinajstić information content (AvgIpc) is 2.54. The predicted molar refractivity (Wildman–Crippen MR) is 104 cm³/mol. The van der Waals surface area contributed by atoms with E-state index in [2.05, 4.69) is 43.1 Å². The van der Waals surface area contributed by atoms with Crippen molar-refractivity contribution in [3.05, 3.63) is 44.9 Å². The highest BCUT2D eigenvalue weighted by atomic mass is 79.9. The standard InChI is InChI=1S/C17H23BrN6O/c1-22-3-5-24(6-4-22)10-12-7-13(19)9-14(8-12)20-16-17(25)23(2)11-15(18)21-16/h7-9,11H,3-6,10,19H2,1-2H3,(H,20,21). The van der Waals surface area contributed by atoms with Crippen molar-refractivity contribution < 1.29 is 0 Å². The Balaban J connectivity index is 1.79. The minimum absolute atomic E-state index is 0.189. The molecule has 2 heterocycles. The molecule has 7 nitrogen and oxygen atoms in total. The minimum Gasteiger partial charge on any atom is -0.399 e. The maximum Gasteiger partial charge on any atom is 0.293 e. The number of hydrogen-bond donors (Lipinski definition) is 2. The lowest BCUT2D eigenvalue weighted by molar-refractivity contribution is 0.148. The highest BCUT2D eigenvalue weighted by Gasteiger charge is 2.14.